The van der Waals surface area contributed by atoms with E-state index in [9.17, 15) is 4.79 Å². The zero-order valence-corrected chi connectivity index (χ0v) is 22.0. The third-order valence-electron chi connectivity index (χ3n) is 6.45. The maximum atomic E-state index is 12.7. The number of unbranched alkanes of at least 4 members (excludes halogenated alkanes) is 2. The highest BCUT2D eigenvalue weighted by molar-refractivity contribution is 5.95. The molecule has 1 heterocycles. The first kappa shape index (κ1) is 26.1. The van der Waals surface area contributed by atoms with Gasteiger partial charge in [-0.05, 0) is 49.6 Å². The number of imidazole rings is 1. The molecule has 0 radical (unpaired) electrons. The number of amides is 1. The number of para-hydroxylation sites is 2. The standard InChI is InChI=1S/C30H35N3O4/c1-21-11-10-12-22(17-21)20-33-25-14-8-7-13-24(25)32-28(33)15-6-5-9-16-31-30(34)23-18-26(35-2)29(37-4)27(19-23)36-3/h7-8,10-14,17-19H,5-6,9,15-16,20H2,1-4H3,(H,31,34). The molecule has 4 rings (SSSR count). The molecule has 0 saturated carbocycles. The van der Waals surface area contributed by atoms with Crippen molar-refractivity contribution in [1.29, 1.82) is 0 Å². The molecule has 1 aromatic heterocycles. The van der Waals surface area contributed by atoms with Crippen molar-refractivity contribution < 1.29 is 19.0 Å². The van der Waals surface area contributed by atoms with Crippen molar-refractivity contribution in [1.82, 2.24) is 14.9 Å². The first-order valence-electron chi connectivity index (χ1n) is 12.6. The van der Waals surface area contributed by atoms with E-state index in [0.29, 0.717) is 29.4 Å². The highest BCUT2D eigenvalue weighted by Gasteiger charge is 2.17. The van der Waals surface area contributed by atoms with Gasteiger partial charge in [-0.25, -0.2) is 4.98 Å². The topological polar surface area (TPSA) is 74.6 Å². The number of carbonyl (C=O) groups is 1. The molecule has 0 bridgehead atoms. The SMILES string of the molecule is COc1cc(C(=O)NCCCCCc2nc3ccccc3n2Cc2cccc(C)c2)cc(OC)c1OC. The first-order chi connectivity index (χ1) is 18.0. The van der Waals surface area contributed by atoms with Crippen molar-refractivity contribution in [3.05, 3.63) is 83.2 Å². The van der Waals surface area contributed by atoms with Gasteiger partial charge in [0, 0.05) is 25.1 Å². The molecule has 0 spiro atoms. The smallest absolute Gasteiger partial charge is 0.251 e. The van der Waals surface area contributed by atoms with Gasteiger partial charge in [0.15, 0.2) is 11.5 Å². The summed E-state index contributed by atoms with van der Waals surface area (Å²) in [5.74, 6) is 2.32. The predicted octanol–water partition coefficient (Wildman–Crippen LogP) is 5.56. The number of aryl methyl sites for hydroxylation is 2. The Morgan fingerprint density at radius 2 is 1.65 bits per heavy atom. The van der Waals surface area contributed by atoms with Crippen LogP contribution in [0.1, 0.15) is 46.6 Å². The minimum absolute atomic E-state index is 0.167. The van der Waals surface area contributed by atoms with Crippen molar-refractivity contribution in [2.45, 2.75) is 39.2 Å². The second-order valence-electron chi connectivity index (χ2n) is 9.07. The summed E-state index contributed by atoms with van der Waals surface area (Å²) >= 11 is 0. The summed E-state index contributed by atoms with van der Waals surface area (Å²) in [5.41, 5.74) is 5.20. The molecule has 7 nitrogen and oxygen atoms in total. The van der Waals surface area contributed by atoms with Gasteiger partial charge in [-0.1, -0.05) is 48.4 Å². The Morgan fingerprint density at radius 3 is 2.35 bits per heavy atom. The number of benzene rings is 3. The van der Waals surface area contributed by atoms with Crippen LogP contribution in [0.4, 0.5) is 0 Å². The zero-order chi connectivity index (χ0) is 26.2. The van der Waals surface area contributed by atoms with E-state index < -0.39 is 0 Å². The molecular formula is C30H35N3O4. The molecule has 0 aliphatic carbocycles. The Bertz CT molecular complexity index is 1340. The van der Waals surface area contributed by atoms with Gasteiger partial charge in [-0.15, -0.1) is 0 Å². The molecule has 0 atom stereocenters. The summed E-state index contributed by atoms with van der Waals surface area (Å²) in [5, 5.41) is 3.00. The minimum atomic E-state index is -0.167. The largest absolute Gasteiger partial charge is 0.493 e. The third-order valence-corrected chi connectivity index (χ3v) is 6.45. The highest BCUT2D eigenvalue weighted by Crippen LogP contribution is 2.38. The van der Waals surface area contributed by atoms with E-state index in [2.05, 4.69) is 59.3 Å². The number of nitrogens with one attached hydrogen (secondary N) is 1. The van der Waals surface area contributed by atoms with E-state index in [-0.39, 0.29) is 5.91 Å². The van der Waals surface area contributed by atoms with Gasteiger partial charge in [-0.2, -0.15) is 0 Å². The molecule has 194 valence electrons. The molecule has 0 aliphatic heterocycles. The van der Waals surface area contributed by atoms with Crippen LogP contribution >= 0.6 is 0 Å². The molecule has 37 heavy (non-hydrogen) atoms. The van der Waals surface area contributed by atoms with Gasteiger partial charge in [0.25, 0.3) is 5.91 Å². The number of carbonyl (C=O) groups excluding carboxylic acids is 1. The van der Waals surface area contributed by atoms with E-state index in [1.165, 1.54) is 32.5 Å². The Kier molecular flexibility index (Phi) is 8.67. The lowest BCUT2D eigenvalue weighted by Gasteiger charge is -2.14. The third kappa shape index (κ3) is 6.23. The number of fused-ring (bicyclic) bond motifs is 1. The Balaban J connectivity index is 1.32. The van der Waals surface area contributed by atoms with Crippen LogP contribution in [0.3, 0.4) is 0 Å². The molecule has 0 saturated heterocycles. The number of hydrogen-bond donors (Lipinski definition) is 1. The van der Waals surface area contributed by atoms with E-state index in [0.717, 1.165) is 49.1 Å². The molecule has 4 aromatic rings. The number of rotatable bonds is 12. The molecule has 0 fully saturated rings. The van der Waals surface area contributed by atoms with Crippen LogP contribution < -0.4 is 19.5 Å². The number of ether oxygens (including phenoxy) is 3. The average molecular weight is 502 g/mol. The second kappa shape index (κ2) is 12.3. The van der Waals surface area contributed by atoms with Crippen LogP contribution in [0.15, 0.2) is 60.7 Å². The zero-order valence-electron chi connectivity index (χ0n) is 22.0. The normalized spacial score (nSPS) is 10.9. The molecular weight excluding hydrogens is 466 g/mol. The molecule has 1 amide bonds. The van der Waals surface area contributed by atoms with E-state index in [1.54, 1.807) is 12.1 Å². The lowest BCUT2D eigenvalue weighted by Crippen LogP contribution is -2.24. The van der Waals surface area contributed by atoms with Crippen LogP contribution in [-0.4, -0.2) is 43.3 Å². The molecule has 3 aromatic carbocycles. The lowest BCUT2D eigenvalue weighted by atomic mass is 10.1. The summed E-state index contributed by atoms with van der Waals surface area (Å²) in [7, 11) is 4.61. The van der Waals surface area contributed by atoms with Gasteiger partial charge >= 0.3 is 0 Å². The molecule has 1 N–H and O–H groups in total. The van der Waals surface area contributed by atoms with E-state index in [4.69, 9.17) is 19.2 Å². The Hall–Kier alpha value is -4.00. The van der Waals surface area contributed by atoms with E-state index >= 15 is 0 Å². The minimum Gasteiger partial charge on any atom is -0.493 e. The molecule has 0 aliphatic rings. The van der Waals surface area contributed by atoms with Gasteiger partial charge < -0.3 is 24.1 Å². The Labute approximate surface area is 218 Å². The fourth-order valence-electron chi connectivity index (χ4n) is 4.59. The number of aromatic nitrogens is 2. The first-order valence-corrected chi connectivity index (χ1v) is 12.6. The van der Waals surface area contributed by atoms with Gasteiger partial charge in [0.2, 0.25) is 5.75 Å². The predicted molar refractivity (Wildman–Crippen MR) is 146 cm³/mol. The lowest BCUT2D eigenvalue weighted by molar-refractivity contribution is 0.0952. The molecule has 7 heteroatoms. The fraction of sp³-hybridized carbons (Fsp3) is 0.333. The van der Waals surface area contributed by atoms with Crippen LogP contribution in [0, 0.1) is 6.92 Å². The van der Waals surface area contributed by atoms with Gasteiger partial charge in [0.05, 0.1) is 32.4 Å². The molecule has 0 unspecified atom stereocenters. The number of nitrogens with zero attached hydrogens (tertiary/aromatic N) is 2. The maximum absolute atomic E-state index is 12.7. The highest BCUT2D eigenvalue weighted by atomic mass is 16.5. The summed E-state index contributed by atoms with van der Waals surface area (Å²) in [6.07, 6.45) is 3.76. The maximum Gasteiger partial charge on any atom is 0.251 e. The van der Waals surface area contributed by atoms with Gasteiger partial charge in [-0.3, -0.25) is 4.79 Å². The van der Waals surface area contributed by atoms with Crippen molar-refractivity contribution in [2.75, 3.05) is 27.9 Å². The number of hydrogen-bond acceptors (Lipinski definition) is 5. The quantitative estimate of drug-likeness (QED) is 0.257. The van der Waals surface area contributed by atoms with Crippen molar-refractivity contribution >= 4 is 16.9 Å². The van der Waals surface area contributed by atoms with Crippen LogP contribution in [-0.2, 0) is 13.0 Å². The van der Waals surface area contributed by atoms with Crippen LogP contribution in [0.5, 0.6) is 17.2 Å². The number of methoxy groups -OCH3 is 3. The van der Waals surface area contributed by atoms with Crippen molar-refractivity contribution in [2.24, 2.45) is 0 Å². The van der Waals surface area contributed by atoms with Gasteiger partial charge in [0.1, 0.15) is 5.82 Å². The van der Waals surface area contributed by atoms with Crippen LogP contribution in [0.2, 0.25) is 0 Å². The monoisotopic (exact) mass is 501 g/mol. The Morgan fingerprint density at radius 1 is 0.892 bits per heavy atom. The summed E-state index contributed by atoms with van der Waals surface area (Å²) in [4.78, 5) is 17.6. The second-order valence-corrected chi connectivity index (χ2v) is 9.07. The summed E-state index contributed by atoms with van der Waals surface area (Å²) in [6.45, 7) is 3.52. The van der Waals surface area contributed by atoms with E-state index in [1.807, 2.05) is 6.07 Å². The van der Waals surface area contributed by atoms with Crippen molar-refractivity contribution in [3.63, 3.8) is 0 Å². The fourth-order valence-corrected chi connectivity index (χ4v) is 4.59. The van der Waals surface area contributed by atoms with Crippen molar-refractivity contribution in [3.8, 4) is 17.2 Å². The summed E-state index contributed by atoms with van der Waals surface area (Å²) < 4.78 is 18.4. The average Bonchev–Trinajstić information content (AvgIpc) is 3.26. The van der Waals surface area contributed by atoms with Crippen LogP contribution in [0.25, 0.3) is 11.0 Å². The summed E-state index contributed by atoms with van der Waals surface area (Å²) in [6, 6.07) is 20.3.